The molecule has 0 aromatic heterocycles. The molecule has 1 saturated heterocycles. The van der Waals surface area contributed by atoms with Crippen LogP contribution in [0.25, 0.3) is 6.08 Å². The van der Waals surface area contributed by atoms with E-state index in [4.69, 9.17) is 17.0 Å². The summed E-state index contributed by atoms with van der Waals surface area (Å²) in [5, 5.41) is 24.6. The second kappa shape index (κ2) is 7.51. The maximum Gasteiger partial charge on any atom is 0.318 e. The number of carbonyl (C=O) groups excluding carboxylic acids is 1. The molecule has 1 heterocycles. The van der Waals surface area contributed by atoms with Crippen molar-refractivity contribution >= 4 is 51.7 Å². The highest BCUT2D eigenvalue weighted by Crippen LogP contribution is 2.37. The van der Waals surface area contributed by atoms with Crippen LogP contribution in [0, 0.1) is 20.2 Å². The smallest absolute Gasteiger partial charge is 0.318 e. The molecule has 1 N–H and O–H groups in total. The third-order valence-corrected chi connectivity index (χ3v) is 4.58. The van der Waals surface area contributed by atoms with E-state index in [1.165, 1.54) is 0 Å². The van der Waals surface area contributed by atoms with Gasteiger partial charge in [-0.2, -0.15) is 0 Å². The van der Waals surface area contributed by atoms with E-state index in [0.717, 1.165) is 30.0 Å². The fraction of sp³-hybridized carbons (Fsp3) is 0. The maximum atomic E-state index is 11.8. The molecule has 9 nitrogen and oxygen atoms in total. The van der Waals surface area contributed by atoms with Crippen LogP contribution in [0.2, 0.25) is 0 Å². The zero-order valence-electron chi connectivity index (χ0n) is 13.3. The van der Waals surface area contributed by atoms with E-state index >= 15 is 0 Å². The number of para-hydroxylation sites is 1. The highest BCUT2D eigenvalue weighted by molar-refractivity contribution is 8.26. The average Bonchev–Trinajstić information content (AvgIpc) is 2.93. The maximum absolute atomic E-state index is 11.8. The summed E-state index contributed by atoms with van der Waals surface area (Å²) in [6, 6.07) is 9.69. The molecule has 0 saturated carbocycles. The molecule has 0 bridgehead atoms. The van der Waals surface area contributed by atoms with Gasteiger partial charge in [0.05, 0.1) is 20.8 Å². The van der Waals surface area contributed by atoms with Crippen LogP contribution >= 0.6 is 24.0 Å². The van der Waals surface area contributed by atoms with Gasteiger partial charge < -0.3 is 10.1 Å². The molecule has 0 radical (unpaired) electrons. The normalized spacial score (nSPS) is 14.9. The van der Waals surface area contributed by atoms with Gasteiger partial charge in [0.25, 0.3) is 11.6 Å². The van der Waals surface area contributed by atoms with E-state index in [9.17, 15) is 25.0 Å². The molecule has 1 aliphatic rings. The van der Waals surface area contributed by atoms with Gasteiger partial charge in [0, 0.05) is 11.6 Å². The van der Waals surface area contributed by atoms with Crippen LogP contribution in [0.4, 0.5) is 11.4 Å². The predicted molar refractivity (Wildman–Crippen MR) is 103 cm³/mol. The highest BCUT2D eigenvalue weighted by atomic mass is 32.2. The van der Waals surface area contributed by atoms with E-state index in [-0.39, 0.29) is 17.4 Å². The molecular weight excluding hydrogens is 394 g/mol. The zero-order valence-corrected chi connectivity index (χ0v) is 14.9. The Balaban J connectivity index is 1.99. The first-order valence-corrected chi connectivity index (χ1v) is 8.52. The highest BCUT2D eigenvalue weighted by Gasteiger charge is 2.24. The van der Waals surface area contributed by atoms with Crippen molar-refractivity contribution in [3.8, 4) is 11.5 Å². The summed E-state index contributed by atoms with van der Waals surface area (Å²) in [5.74, 6) is -0.259. The predicted octanol–water partition coefficient (Wildman–Crippen LogP) is 3.78. The molecule has 0 atom stereocenters. The van der Waals surface area contributed by atoms with E-state index in [0.29, 0.717) is 14.8 Å². The SMILES string of the molecule is O=C1NC(=S)S/C1=C\c1ccccc1Oc1ccc([N+](=O)[O-])cc1[N+](=O)[O-]. The zero-order chi connectivity index (χ0) is 19.6. The monoisotopic (exact) mass is 403 g/mol. The molecule has 136 valence electrons. The minimum absolute atomic E-state index is 0.157. The van der Waals surface area contributed by atoms with Crippen molar-refractivity contribution in [2.75, 3.05) is 0 Å². The number of nitro groups is 2. The summed E-state index contributed by atoms with van der Waals surface area (Å²) < 4.78 is 5.96. The Morgan fingerprint density at radius 1 is 1.07 bits per heavy atom. The minimum Gasteiger partial charge on any atom is -0.449 e. The topological polar surface area (TPSA) is 125 Å². The van der Waals surface area contributed by atoms with E-state index in [1.807, 2.05) is 0 Å². The van der Waals surface area contributed by atoms with Gasteiger partial charge in [-0.15, -0.1) is 0 Å². The van der Waals surface area contributed by atoms with Gasteiger partial charge in [-0.05, 0) is 18.2 Å². The third kappa shape index (κ3) is 4.10. The van der Waals surface area contributed by atoms with E-state index in [2.05, 4.69) is 5.32 Å². The molecule has 2 aromatic rings. The van der Waals surface area contributed by atoms with Crippen molar-refractivity contribution in [2.45, 2.75) is 0 Å². The average molecular weight is 403 g/mol. The van der Waals surface area contributed by atoms with Crippen molar-refractivity contribution in [3.05, 3.63) is 73.2 Å². The van der Waals surface area contributed by atoms with Crippen LogP contribution in [0.15, 0.2) is 47.4 Å². The Hall–Kier alpha value is -3.31. The van der Waals surface area contributed by atoms with Crippen LogP contribution in [0.1, 0.15) is 5.56 Å². The summed E-state index contributed by atoms with van der Waals surface area (Å²) in [4.78, 5) is 32.8. The molecule has 0 spiro atoms. The number of benzene rings is 2. The number of carbonyl (C=O) groups is 1. The van der Waals surface area contributed by atoms with Gasteiger partial charge in [-0.25, -0.2) is 0 Å². The van der Waals surface area contributed by atoms with Crippen LogP contribution in [0.5, 0.6) is 11.5 Å². The molecule has 0 unspecified atom stereocenters. The fourth-order valence-corrected chi connectivity index (χ4v) is 3.26. The molecule has 1 aliphatic heterocycles. The summed E-state index contributed by atoms with van der Waals surface area (Å²) >= 11 is 6.02. The molecular formula is C16H9N3O6S2. The van der Waals surface area contributed by atoms with Gasteiger partial charge in [-0.3, -0.25) is 25.0 Å². The number of non-ortho nitro benzene ring substituents is 1. The Morgan fingerprint density at radius 2 is 1.81 bits per heavy atom. The van der Waals surface area contributed by atoms with Crippen LogP contribution in [-0.4, -0.2) is 20.1 Å². The minimum atomic E-state index is -0.762. The first kappa shape index (κ1) is 18.5. The lowest BCUT2D eigenvalue weighted by Crippen LogP contribution is -2.17. The summed E-state index contributed by atoms with van der Waals surface area (Å²) in [5.41, 5.74) is -0.467. The molecule has 2 aromatic carbocycles. The second-order valence-electron chi connectivity index (χ2n) is 5.16. The number of thiocarbonyl (C=S) groups is 1. The van der Waals surface area contributed by atoms with E-state index < -0.39 is 21.2 Å². The van der Waals surface area contributed by atoms with Crippen LogP contribution in [-0.2, 0) is 4.79 Å². The van der Waals surface area contributed by atoms with Crippen molar-refractivity contribution in [2.24, 2.45) is 0 Å². The standard InChI is InChI=1S/C16H9N3O6S2/c20-15-14(27-16(26)17-15)7-9-3-1-2-4-12(9)25-13-6-5-10(18(21)22)8-11(13)19(23)24/h1-8H,(H,17,20,26)/b14-7-. The molecule has 1 amide bonds. The number of rotatable bonds is 5. The molecule has 1 fully saturated rings. The summed E-state index contributed by atoms with van der Waals surface area (Å²) in [7, 11) is 0. The number of amides is 1. The number of hydrogen-bond acceptors (Lipinski definition) is 8. The number of nitrogens with one attached hydrogen (secondary N) is 1. The van der Waals surface area contributed by atoms with Gasteiger partial charge in [0.1, 0.15) is 10.1 Å². The Bertz CT molecular complexity index is 1020. The number of nitro benzene ring substituents is 2. The van der Waals surface area contributed by atoms with Crippen molar-refractivity contribution in [1.82, 2.24) is 5.32 Å². The lowest BCUT2D eigenvalue weighted by atomic mass is 10.2. The fourth-order valence-electron chi connectivity index (χ4n) is 2.22. The van der Waals surface area contributed by atoms with Crippen molar-refractivity contribution in [3.63, 3.8) is 0 Å². The first-order valence-electron chi connectivity index (χ1n) is 7.29. The quantitative estimate of drug-likeness (QED) is 0.346. The number of nitrogens with zero attached hydrogens (tertiary/aromatic N) is 2. The Morgan fingerprint density at radius 3 is 2.44 bits per heavy atom. The summed E-state index contributed by atoms with van der Waals surface area (Å²) in [6.45, 7) is 0. The van der Waals surface area contributed by atoms with Gasteiger partial charge in [0.15, 0.2) is 0 Å². The molecule has 27 heavy (non-hydrogen) atoms. The van der Waals surface area contributed by atoms with Crippen molar-refractivity contribution < 1.29 is 19.4 Å². The molecule has 11 heteroatoms. The first-order chi connectivity index (χ1) is 12.8. The Labute approximate surface area is 161 Å². The van der Waals surface area contributed by atoms with Gasteiger partial charge >= 0.3 is 5.69 Å². The summed E-state index contributed by atoms with van der Waals surface area (Å²) in [6.07, 6.45) is 1.55. The van der Waals surface area contributed by atoms with Gasteiger partial charge in [0.2, 0.25) is 5.75 Å². The lowest BCUT2D eigenvalue weighted by Gasteiger charge is -2.09. The molecule has 3 rings (SSSR count). The number of thioether (sulfide) groups is 1. The van der Waals surface area contributed by atoms with Crippen LogP contribution < -0.4 is 10.1 Å². The van der Waals surface area contributed by atoms with E-state index in [1.54, 1.807) is 30.3 Å². The molecule has 0 aliphatic carbocycles. The largest absolute Gasteiger partial charge is 0.449 e. The second-order valence-corrected chi connectivity index (χ2v) is 6.88. The van der Waals surface area contributed by atoms with Crippen molar-refractivity contribution in [1.29, 1.82) is 0 Å². The third-order valence-electron chi connectivity index (χ3n) is 3.42. The lowest BCUT2D eigenvalue weighted by molar-refractivity contribution is -0.394. The Kier molecular flexibility index (Phi) is 5.14. The van der Waals surface area contributed by atoms with Gasteiger partial charge in [-0.1, -0.05) is 42.2 Å². The number of hydrogen-bond donors (Lipinski definition) is 1. The number of ether oxygens (including phenoxy) is 1. The van der Waals surface area contributed by atoms with Crippen LogP contribution in [0.3, 0.4) is 0 Å².